The molecule has 0 saturated carbocycles. The van der Waals surface area contributed by atoms with E-state index in [9.17, 15) is 10.1 Å². The quantitative estimate of drug-likeness (QED) is 0.541. The molecule has 0 unspecified atom stereocenters. The van der Waals surface area contributed by atoms with E-state index in [4.69, 9.17) is 14.2 Å². The molecule has 0 radical (unpaired) electrons. The van der Waals surface area contributed by atoms with Gasteiger partial charge in [0.05, 0.1) is 26.3 Å². The predicted molar refractivity (Wildman–Crippen MR) is 102 cm³/mol. The standard InChI is InChI=1S/C20H24N2O5/c1-25-18-9-7-16(22(23)24)11-15(18)13-21-10-4-5-17(21)14-6-8-19(26-2)20(12-14)27-3/h6-9,11-12,17H,4-5,10,13H2,1-3H3/t17-/m0/s1. The van der Waals surface area contributed by atoms with Gasteiger partial charge in [0.1, 0.15) is 5.75 Å². The lowest BCUT2D eigenvalue weighted by Gasteiger charge is -2.26. The minimum Gasteiger partial charge on any atom is -0.496 e. The second-order valence-corrected chi connectivity index (χ2v) is 6.50. The Kier molecular flexibility index (Phi) is 5.81. The smallest absolute Gasteiger partial charge is 0.270 e. The summed E-state index contributed by atoms with van der Waals surface area (Å²) in [6.45, 7) is 1.51. The van der Waals surface area contributed by atoms with Crippen molar-refractivity contribution in [3.8, 4) is 17.2 Å². The van der Waals surface area contributed by atoms with Crippen molar-refractivity contribution in [2.75, 3.05) is 27.9 Å². The van der Waals surface area contributed by atoms with Crippen LogP contribution >= 0.6 is 0 Å². The molecule has 0 amide bonds. The van der Waals surface area contributed by atoms with Crippen molar-refractivity contribution in [3.63, 3.8) is 0 Å². The highest BCUT2D eigenvalue weighted by Crippen LogP contribution is 2.38. The lowest BCUT2D eigenvalue weighted by Crippen LogP contribution is -2.23. The van der Waals surface area contributed by atoms with Crippen molar-refractivity contribution < 1.29 is 19.1 Å². The first-order valence-corrected chi connectivity index (χ1v) is 8.84. The maximum atomic E-state index is 11.1. The van der Waals surface area contributed by atoms with Crippen molar-refractivity contribution in [1.29, 1.82) is 0 Å². The SMILES string of the molecule is COc1ccc([N+](=O)[O-])cc1CN1CCC[C@H]1c1ccc(OC)c(OC)c1. The van der Waals surface area contributed by atoms with Crippen LogP contribution in [0.4, 0.5) is 5.69 Å². The van der Waals surface area contributed by atoms with E-state index in [-0.39, 0.29) is 16.7 Å². The third-order valence-corrected chi connectivity index (χ3v) is 5.00. The van der Waals surface area contributed by atoms with Gasteiger partial charge in [-0.3, -0.25) is 15.0 Å². The largest absolute Gasteiger partial charge is 0.496 e. The molecule has 1 atom stereocenters. The van der Waals surface area contributed by atoms with Crippen LogP contribution in [0.3, 0.4) is 0 Å². The van der Waals surface area contributed by atoms with E-state index in [0.29, 0.717) is 23.8 Å². The highest BCUT2D eigenvalue weighted by Gasteiger charge is 2.28. The topological polar surface area (TPSA) is 74.1 Å². The van der Waals surface area contributed by atoms with E-state index in [1.807, 2.05) is 12.1 Å². The van der Waals surface area contributed by atoms with Gasteiger partial charge < -0.3 is 14.2 Å². The van der Waals surface area contributed by atoms with Crippen LogP contribution in [0.1, 0.15) is 30.0 Å². The van der Waals surface area contributed by atoms with E-state index in [0.717, 1.165) is 30.5 Å². The molecule has 7 heteroatoms. The van der Waals surface area contributed by atoms with Gasteiger partial charge in [-0.2, -0.15) is 0 Å². The van der Waals surface area contributed by atoms with Crippen LogP contribution in [-0.4, -0.2) is 37.7 Å². The average Bonchev–Trinajstić information content (AvgIpc) is 3.15. The Labute approximate surface area is 158 Å². The first-order chi connectivity index (χ1) is 13.1. The summed E-state index contributed by atoms with van der Waals surface area (Å²) in [7, 11) is 4.83. The highest BCUT2D eigenvalue weighted by molar-refractivity contribution is 5.45. The highest BCUT2D eigenvalue weighted by atomic mass is 16.6. The van der Waals surface area contributed by atoms with Crippen LogP contribution in [-0.2, 0) is 6.54 Å². The van der Waals surface area contributed by atoms with Gasteiger partial charge in [0.2, 0.25) is 0 Å². The van der Waals surface area contributed by atoms with Crippen LogP contribution in [0.25, 0.3) is 0 Å². The monoisotopic (exact) mass is 372 g/mol. The molecular formula is C20H24N2O5. The van der Waals surface area contributed by atoms with Crippen LogP contribution in [0.5, 0.6) is 17.2 Å². The molecule has 144 valence electrons. The van der Waals surface area contributed by atoms with Gasteiger partial charge in [-0.25, -0.2) is 0 Å². The van der Waals surface area contributed by atoms with E-state index in [1.54, 1.807) is 33.5 Å². The molecule has 1 aliphatic rings. The number of non-ortho nitro benzene ring substituents is 1. The molecule has 1 heterocycles. The first kappa shape index (κ1) is 19.0. The third-order valence-electron chi connectivity index (χ3n) is 5.00. The van der Waals surface area contributed by atoms with E-state index < -0.39 is 0 Å². The fourth-order valence-electron chi connectivity index (χ4n) is 3.67. The summed E-state index contributed by atoms with van der Waals surface area (Å²) >= 11 is 0. The van der Waals surface area contributed by atoms with Crippen molar-refractivity contribution in [2.24, 2.45) is 0 Å². The van der Waals surface area contributed by atoms with Crippen molar-refractivity contribution in [1.82, 2.24) is 4.90 Å². The summed E-state index contributed by atoms with van der Waals surface area (Å²) in [5.74, 6) is 2.07. The van der Waals surface area contributed by atoms with Gasteiger partial charge >= 0.3 is 0 Å². The van der Waals surface area contributed by atoms with E-state index in [1.165, 1.54) is 6.07 Å². The number of nitrogens with zero attached hydrogens (tertiary/aromatic N) is 2. The van der Waals surface area contributed by atoms with E-state index >= 15 is 0 Å². The number of ether oxygens (including phenoxy) is 3. The fraction of sp³-hybridized carbons (Fsp3) is 0.400. The molecule has 1 fully saturated rings. The van der Waals surface area contributed by atoms with E-state index in [2.05, 4.69) is 11.0 Å². The Balaban J connectivity index is 1.87. The zero-order chi connectivity index (χ0) is 19.4. The summed E-state index contributed by atoms with van der Waals surface area (Å²) in [6, 6.07) is 10.9. The Morgan fingerprint density at radius 1 is 1.04 bits per heavy atom. The molecule has 2 aromatic carbocycles. The molecule has 0 N–H and O–H groups in total. The molecular weight excluding hydrogens is 348 g/mol. The molecule has 1 saturated heterocycles. The van der Waals surface area contributed by atoms with Gasteiger partial charge in [-0.15, -0.1) is 0 Å². The maximum absolute atomic E-state index is 11.1. The summed E-state index contributed by atoms with van der Waals surface area (Å²) in [5, 5.41) is 11.1. The van der Waals surface area contributed by atoms with Crippen LogP contribution in [0.15, 0.2) is 36.4 Å². The molecule has 7 nitrogen and oxygen atoms in total. The van der Waals surface area contributed by atoms with Gasteiger partial charge in [0.15, 0.2) is 11.5 Å². The second kappa shape index (κ2) is 8.26. The summed E-state index contributed by atoms with van der Waals surface area (Å²) in [5.41, 5.74) is 2.04. The molecule has 3 rings (SSSR count). The third kappa shape index (κ3) is 3.98. The summed E-state index contributed by atoms with van der Waals surface area (Å²) < 4.78 is 16.2. The summed E-state index contributed by atoms with van der Waals surface area (Å²) in [6.07, 6.45) is 2.09. The Morgan fingerprint density at radius 2 is 1.74 bits per heavy atom. The molecule has 0 aliphatic carbocycles. The number of rotatable bonds is 7. The van der Waals surface area contributed by atoms with Gasteiger partial charge in [0.25, 0.3) is 5.69 Å². The zero-order valence-electron chi connectivity index (χ0n) is 15.8. The normalized spacial score (nSPS) is 16.9. The Bertz CT molecular complexity index is 824. The number of likely N-dealkylation sites (tertiary alicyclic amines) is 1. The number of benzene rings is 2. The van der Waals surface area contributed by atoms with Crippen LogP contribution in [0.2, 0.25) is 0 Å². The van der Waals surface area contributed by atoms with Crippen LogP contribution < -0.4 is 14.2 Å². The zero-order valence-corrected chi connectivity index (χ0v) is 15.8. The van der Waals surface area contributed by atoms with Gasteiger partial charge in [0, 0.05) is 30.3 Å². The Hall–Kier alpha value is -2.80. The van der Waals surface area contributed by atoms with Crippen molar-refractivity contribution in [2.45, 2.75) is 25.4 Å². The number of hydrogen-bond donors (Lipinski definition) is 0. The van der Waals surface area contributed by atoms with Gasteiger partial charge in [-0.1, -0.05) is 6.07 Å². The lowest BCUT2D eigenvalue weighted by molar-refractivity contribution is -0.385. The second-order valence-electron chi connectivity index (χ2n) is 6.50. The first-order valence-electron chi connectivity index (χ1n) is 8.84. The predicted octanol–water partition coefficient (Wildman–Crippen LogP) is 3.96. The molecule has 0 bridgehead atoms. The molecule has 27 heavy (non-hydrogen) atoms. The molecule has 1 aliphatic heterocycles. The van der Waals surface area contributed by atoms with Crippen molar-refractivity contribution in [3.05, 3.63) is 57.6 Å². The van der Waals surface area contributed by atoms with Crippen LogP contribution in [0, 0.1) is 10.1 Å². The molecule has 2 aromatic rings. The summed E-state index contributed by atoms with van der Waals surface area (Å²) in [4.78, 5) is 13.1. The Morgan fingerprint density at radius 3 is 2.41 bits per heavy atom. The average molecular weight is 372 g/mol. The number of nitro benzene ring substituents is 1. The fourth-order valence-corrected chi connectivity index (χ4v) is 3.67. The molecule has 0 spiro atoms. The minimum absolute atomic E-state index is 0.0765. The van der Waals surface area contributed by atoms with Gasteiger partial charge in [-0.05, 0) is 43.1 Å². The maximum Gasteiger partial charge on any atom is 0.270 e. The van der Waals surface area contributed by atoms with Crippen molar-refractivity contribution >= 4 is 5.69 Å². The number of methoxy groups -OCH3 is 3. The number of nitro groups is 1. The lowest BCUT2D eigenvalue weighted by atomic mass is 10.0. The minimum atomic E-state index is -0.376. The number of hydrogen-bond acceptors (Lipinski definition) is 6. The molecule has 0 aromatic heterocycles.